The normalized spacial score (nSPS) is 16.5. The van der Waals surface area contributed by atoms with E-state index in [9.17, 15) is 8.42 Å². The predicted molar refractivity (Wildman–Crippen MR) is 71.1 cm³/mol. The van der Waals surface area contributed by atoms with Gasteiger partial charge in [0.2, 0.25) is 10.0 Å². The van der Waals surface area contributed by atoms with Crippen LogP contribution < -0.4 is 0 Å². The molecule has 1 fully saturated rings. The molecule has 0 atom stereocenters. The maximum absolute atomic E-state index is 12.6. The van der Waals surface area contributed by atoms with Gasteiger partial charge < -0.3 is 5.11 Å². The van der Waals surface area contributed by atoms with E-state index in [0.717, 1.165) is 12.8 Å². The van der Waals surface area contributed by atoms with Crippen LogP contribution >= 0.6 is 0 Å². The highest BCUT2D eigenvalue weighted by atomic mass is 32.2. The van der Waals surface area contributed by atoms with E-state index >= 15 is 0 Å². The second kappa shape index (κ2) is 5.60. The van der Waals surface area contributed by atoms with Crippen molar-refractivity contribution in [1.29, 1.82) is 0 Å². The van der Waals surface area contributed by atoms with Crippen LogP contribution in [0.15, 0.2) is 17.3 Å². The third kappa shape index (κ3) is 3.34. The molecule has 1 N–H and O–H groups in total. The van der Waals surface area contributed by atoms with E-state index in [2.05, 4.69) is 5.10 Å². The Balaban J connectivity index is 2.21. The smallest absolute Gasteiger partial charge is 0.246 e. The zero-order valence-electron chi connectivity index (χ0n) is 11.4. The van der Waals surface area contributed by atoms with Gasteiger partial charge in [-0.25, -0.2) is 8.42 Å². The summed E-state index contributed by atoms with van der Waals surface area (Å²) in [6.45, 7) is 4.61. The maximum atomic E-state index is 12.6. The first-order valence-electron chi connectivity index (χ1n) is 6.60. The Morgan fingerprint density at radius 3 is 2.74 bits per heavy atom. The topological polar surface area (TPSA) is 75.4 Å². The van der Waals surface area contributed by atoms with Gasteiger partial charge in [-0.05, 0) is 32.6 Å². The molecule has 0 amide bonds. The van der Waals surface area contributed by atoms with Crippen molar-refractivity contribution in [1.82, 2.24) is 14.1 Å². The van der Waals surface area contributed by atoms with E-state index < -0.39 is 10.0 Å². The first-order chi connectivity index (χ1) is 8.95. The summed E-state index contributed by atoms with van der Waals surface area (Å²) in [5.41, 5.74) is 0. The summed E-state index contributed by atoms with van der Waals surface area (Å²) in [6.07, 6.45) is 5.06. The summed E-state index contributed by atoms with van der Waals surface area (Å²) in [5.74, 6) is 0.504. The number of nitrogens with zero attached hydrogens (tertiary/aromatic N) is 3. The molecular formula is C12H21N3O3S. The van der Waals surface area contributed by atoms with Gasteiger partial charge >= 0.3 is 0 Å². The molecule has 2 rings (SSSR count). The molecule has 6 nitrogen and oxygen atoms in total. The summed E-state index contributed by atoms with van der Waals surface area (Å²) in [7, 11) is -3.48. The zero-order chi connectivity index (χ0) is 14.0. The van der Waals surface area contributed by atoms with Crippen LogP contribution in [0.2, 0.25) is 0 Å². The zero-order valence-corrected chi connectivity index (χ0v) is 12.2. The van der Waals surface area contributed by atoms with Crippen LogP contribution in [0, 0.1) is 5.92 Å². The van der Waals surface area contributed by atoms with Crippen LogP contribution in [0.4, 0.5) is 0 Å². The van der Waals surface area contributed by atoms with Crippen LogP contribution in [0.1, 0.15) is 26.7 Å². The van der Waals surface area contributed by atoms with Gasteiger partial charge in [-0.15, -0.1) is 0 Å². The summed E-state index contributed by atoms with van der Waals surface area (Å²) in [5, 5.41) is 12.8. The summed E-state index contributed by atoms with van der Waals surface area (Å²) in [6, 6.07) is -0.0632. The molecule has 1 aromatic rings. The van der Waals surface area contributed by atoms with Gasteiger partial charge in [-0.3, -0.25) is 4.68 Å². The minimum atomic E-state index is -3.48. The van der Waals surface area contributed by atoms with E-state index in [-0.39, 0.29) is 17.5 Å². The number of aromatic nitrogens is 2. The van der Waals surface area contributed by atoms with Crippen molar-refractivity contribution >= 4 is 10.0 Å². The Bertz CT molecular complexity index is 520. The van der Waals surface area contributed by atoms with Crippen molar-refractivity contribution in [2.45, 2.75) is 44.2 Å². The van der Waals surface area contributed by atoms with Gasteiger partial charge in [0, 0.05) is 18.8 Å². The SMILES string of the molecule is CC(C)N(CC1CC1)S(=O)(=O)c1cnn(CCO)c1. The minimum absolute atomic E-state index is 0.0584. The lowest BCUT2D eigenvalue weighted by Crippen LogP contribution is -2.38. The van der Waals surface area contributed by atoms with E-state index in [1.54, 1.807) is 4.31 Å². The molecule has 108 valence electrons. The predicted octanol–water partition coefficient (Wildman–Crippen LogP) is 0.684. The Hall–Kier alpha value is -0.920. The molecule has 0 bridgehead atoms. The van der Waals surface area contributed by atoms with Crippen molar-refractivity contribution in [3.63, 3.8) is 0 Å². The van der Waals surface area contributed by atoms with E-state index in [0.29, 0.717) is 19.0 Å². The molecule has 0 radical (unpaired) electrons. The molecule has 1 heterocycles. The fourth-order valence-electron chi connectivity index (χ4n) is 1.98. The Morgan fingerprint density at radius 2 is 2.21 bits per heavy atom. The van der Waals surface area contributed by atoms with Crippen LogP contribution in [0.25, 0.3) is 0 Å². The Morgan fingerprint density at radius 1 is 1.53 bits per heavy atom. The molecule has 1 aliphatic carbocycles. The number of hydrogen-bond acceptors (Lipinski definition) is 4. The second-order valence-electron chi connectivity index (χ2n) is 5.27. The van der Waals surface area contributed by atoms with Crippen LogP contribution in [0.3, 0.4) is 0 Å². The van der Waals surface area contributed by atoms with Crippen LogP contribution in [-0.2, 0) is 16.6 Å². The fourth-order valence-corrected chi connectivity index (χ4v) is 3.65. The quantitative estimate of drug-likeness (QED) is 0.800. The van der Waals surface area contributed by atoms with Crippen molar-refractivity contribution < 1.29 is 13.5 Å². The van der Waals surface area contributed by atoms with Crippen LogP contribution in [0.5, 0.6) is 0 Å². The van der Waals surface area contributed by atoms with E-state index in [1.807, 2.05) is 13.8 Å². The van der Waals surface area contributed by atoms with Gasteiger partial charge in [0.05, 0.1) is 19.3 Å². The molecule has 1 aromatic heterocycles. The molecule has 1 saturated carbocycles. The van der Waals surface area contributed by atoms with Gasteiger partial charge in [0.25, 0.3) is 0 Å². The first kappa shape index (κ1) is 14.5. The molecule has 0 aliphatic heterocycles. The monoisotopic (exact) mass is 287 g/mol. The first-order valence-corrected chi connectivity index (χ1v) is 8.04. The van der Waals surface area contributed by atoms with E-state index in [1.165, 1.54) is 17.1 Å². The lowest BCUT2D eigenvalue weighted by Gasteiger charge is -2.25. The third-order valence-corrected chi connectivity index (χ3v) is 5.25. The molecule has 1 aliphatic rings. The average Bonchev–Trinajstić information content (AvgIpc) is 3.03. The van der Waals surface area contributed by atoms with Gasteiger partial charge in [-0.2, -0.15) is 9.40 Å². The van der Waals surface area contributed by atoms with Gasteiger partial charge in [0.1, 0.15) is 4.90 Å². The fraction of sp³-hybridized carbons (Fsp3) is 0.750. The summed E-state index contributed by atoms with van der Waals surface area (Å²) < 4.78 is 28.1. The average molecular weight is 287 g/mol. The molecule has 0 aromatic carbocycles. The highest BCUT2D eigenvalue weighted by molar-refractivity contribution is 7.89. The highest BCUT2D eigenvalue weighted by Gasteiger charge is 2.33. The van der Waals surface area contributed by atoms with E-state index in [4.69, 9.17) is 5.11 Å². The number of aliphatic hydroxyl groups excluding tert-OH is 1. The van der Waals surface area contributed by atoms with Gasteiger partial charge in [-0.1, -0.05) is 0 Å². The number of rotatable bonds is 7. The molecule has 0 unspecified atom stereocenters. The minimum Gasteiger partial charge on any atom is -0.394 e. The van der Waals surface area contributed by atoms with Crippen LogP contribution in [-0.4, -0.2) is 46.8 Å². The number of aliphatic hydroxyl groups is 1. The Labute approximate surface area is 114 Å². The standard InChI is InChI=1S/C12H21N3O3S/c1-10(2)15(8-11-3-4-11)19(17,18)12-7-13-14(9-12)5-6-16/h7,9-11,16H,3-6,8H2,1-2H3. The largest absolute Gasteiger partial charge is 0.394 e. The molecule has 0 spiro atoms. The van der Waals surface area contributed by atoms with Gasteiger partial charge in [0.15, 0.2) is 0 Å². The summed E-state index contributed by atoms with van der Waals surface area (Å²) >= 11 is 0. The summed E-state index contributed by atoms with van der Waals surface area (Å²) in [4.78, 5) is 0.204. The molecule has 0 saturated heterocycles. The van der Waals surface area contributed by atoms with Crippen molar-refractivity contribution in [2.24, 2.45) is 5.92 Å². The van der Waals surface area contributed by atoms with Crippen molar-refractivity contribution in [2.75, 3.05) is 13.2 Å². The Kier molecular flexibility index (Phi) is 4.27. The lowest BCUT2D eigenvalue weighted by atomic mass is 10.3. The number of sulfonamides is 1. The van der Waals surface area contributed by atoms with Crippen molar-refractivity contribution in [3.05, 3.63) is 12.4 Å². The molecule has 19 heavy (non-hydrogen) atoms. The highest BCUT2D eigenvalue weighted by Crippen LogP contribution is 2.32. The molecule has 7 heteroatoms. The molecular weight excluding hydrogens is 266 g/mol. The number of hydrogen-bond donors (Lipinski definition) is 1. The second-order valence-corrected chi connectivity index (χ2v) is 7.17. The van der Waals surface area contributed by atoms with Crippen molar-refractivity contribution in [3.8, 4) is 0 Å². The lowest BCUT2D eigenvalue weighted by molar-refractivity contribution is 0.269. The third-order valence-electron chi connectivity index (χ3n) is 3.26. The maximum Gasteiger partial charge on any atom is 0.246 e.